The predicted molar refractivity (Wildman–Crippen MR) is 96.1 cm³/mol. The molecule has 0 N–H and O–H groups in total. The zero-order valence-corrected chi connectivity index (χ0v) is 15.3. The molecule has 118 valence electrons. The molecule has 0 spiro atoms. The number of carbonyl (C=O) groups excluding carboxylic acids is 1. The highest BCUT2D eigenvalue weighted by Gasteiger charge is 2.19. The maximum absolute atomic E-state index is 12.5. The van der Waals surface area contributed by atoms with Gasteiger partial charge in [-0.1, -0.05) is 60.0 Å². The first-order valence-electron chi connectivity index (χ1n) is 7.08. The van der Waals surface area contributed by atoms with Crippen LogP contribution in [-0.4, -0.2) is 33.7 Å². The SMILES string of the molecule is CCSc1nnc(SCC(=O)N(c2ccccc2)C(C)C)s1. The van der Waals surface area contributed by atoms with Crippen LogP contribution in [0.25, 0.3) is 0 Å². The van der Waals surface area contributed by atoms with Crippen molar-refractivity contribution in [2.24, 2.45) is 0 Å². The summed E-state index contributed by atoms with van der Waals surface area (Å²) in [6.45, 7) is 6.13. The van der Waals surface area contributed by atoms with Gasteiger partial charge in [0.25, 0.3) is 0 Å². The molecule has 0 radical (unpaired) electrons. The molecule has 1 amide bonds. The molecule has 0 fully saturated rings. The van der Waals surface area contributed by atoms with Crippen LogP contribution in [0, 0.1) is 0 Å². The summed E-state index contributed by atoms with van der Waals surface area (Å²) in [4.78, 5) is 14.4. The van der Waals surface area contributed by atoms with Crippen molar-refractivity contribution in [3.8, 4) is 0 Å². The molecular weight excluding hydrogens is 334 g/mol. The zero-order chi connectivity index (χ0) is 15.9. The highest BCUT2D eigenvalue weighted by Crippen LogP contribution is 2.29. The smallest absolute Gasteiger partial charge is 0.237 e. The molecule has 0 aliphatic rings. The van der Waals surface area contributed by atoms with E-state index in [-0.39, 0.29) is 11.9 Å². The second-order valence-electron chi connectivity index (χ2n) is 4.75. The third kappa shape index (κ3) is 4.72. The lowest BCUT2D eigenvalue weighted by Crippen LogP contribution is -2.38. The number of aromatic nitrogens is 2. The van der Waals surface area contributed by atoms with Gasteiger partial charge in [0.1, 0.15) is 0 Å². The molecule has 22 heavy (non-hydrogen) atoms. The van der Waals surface area contributed by atoms with E-state index < -0.39 is 0 Å². The minimum absolute atomic E-state index is 0.0890. The third-order valence-electron chi connectivity index (χ3n) is 2.79. The molecule has 1 aromatic heterocycles. The van der Waals surface area contributed by atoms with E-state index in [2.05, 4.69) is 17.1 Å². The summed E-state index contributed by atoms with van der Waals surface area (Å²) in [5.41, 5.74) is 0.933. The zero-order valence-electron chi connectivity index (χ0n) is 12.9. The molecule has 0 saturated heterocycles. The van der Waals surface area contributed by atoms with Gasteiger partial charge in [0.15, 0.2) is 8.68 Å². The lowest BCUT2D eigenvalue weighted by atomic mass is 10.2. The molecule has 1 aromatic carbocycles. The van der Waals surface area contributed by atoms with Gasteiger partial charge >= 0.3 is 0 Å². The normalized spacial score (nSPS) is 10.9. The van der Waals surface area contributed by atoms with Gasteiger partial charge in [-0.3, -0.25) is 4.79 Å². The van der Waals surface area contributed by atoms with E-state index in [1.807, 2.05) is 49.1 Å². The molecule has 0 aliphatic heterocycles. The van der Waals surface area contributed by atoms with Gasteiger partial charge in [0, 0.05) is 11.7 Å². The number of hydrogen-bond acceptors (Lipinski definition) is 6. The van der Waals surface area contributed by atoms with Gasteiger partial charge in [-0.05, 0) is 31.7 Å². The van der Waals surface area contributed by atoms with E-state index in [0.29, 0.717) is 5.75 Å². The van der Waals surface area contributed by atoms with Crippen molar-refractivity contribution in [3.63, 3.8) is 0 Å². The topological polar surface area (TPSA) is 46.1 Å². The summed E-state index contributed by atoms with van der Waals surface area (Å²) in [6.07, 6.45) is 0. The number of carbonyl (C=O) groups is 1. The van der Waals surface area contributed by atoms with E-state index in [9.17, 15) is 4.79 Å². The van der Waals surface area contributed by atoms with E-state index in [1.165, 1.54) is 11.8 Å². The van der Waals surface area contributed by atoms with Crippen LogP contribution in [0.4, 0.5) is 5.69 Å². The molecule has 0 bridgehead atoms. The van der Waals surface area contributed by atoms with Crippen molar-refractivity contribution in [3.05, 3.63) is 30.3 Å². The van der Waals surface area contributed by atoms with E-state index in [0.717, 1.165) is 20.1 Å². The van der Waals surface area contributed by atoms with Crippen molar-refractivity contribution in [1.82, 2.24) is 10.2 Å². The Hall–Kier alpha value is -1.05. The van der Waals surface area contributed by atoms with Crippen LogP contribution < -0.4 is 4.90 Å². The van der Waals surface area contributed by atoms with Crippen LogP contribution in [0.5, 0.6) is 0 Å². The fourth-order valence-electron chi connectivity index (χ4n) is 1.95. The first-order valence-corrected chi connectivity index (χ1v) is 9.86. The molecule has 2 rings (SSSR count). The van der Waals surface area contributed by atoms with Crippen LogP contribution in [0.2, 0.25) is 0 Å². The molecule has 1 heterocycles. The summed E-state index contributed by atoms with van der Waals surface area (Å²) >= 11 is 4.68. The van der Waals surface area contributed by atoms with Crippen molar-refractivity contribution in [2.75, 3.05) is 16.4 Å². The number of nitrogens with zero attached hydrogens (tertiary/aromatic N) is 3. The Morgan fingerprint density at radius 2 is 1.82 bits per heavy atom. The third-order valence-corrected chi connectivity index (χ3v) is 5.85. The van der Waals surface area contributed by atoms with E-state index in [1.54, 1.807) is 23.1 Å². The largest absolute Gasteiger partial charge is 0.309 e. The minimum Gasteiger partial charge on any atom is -0.309 e. The predicted octanol–water partition coefficient (Wildman–Crippen LogP) is 4.18. The Labute approximate surface area is 143 Å². The molecule has 0 saturated carbocycles. The standard InChI is InChI=1S/C15H19N3OS3/c1-4-20-14-16-17-15(22-14)21-10-13(19)18(11(2)3)12-8-6-5-7-9-12/h5-9,11H,4,10H2,1-3H3. The molecule has 7 heteroatoms. The van der Waals surface area contributed by atoms with E-state index in [4.69, 9.17) is 0 Å². The second-order valence-corrected chi connectivity index (χ2v) is 8.46. The number of anilines is 1. The molecule has 4 nitrogen and oxygen atoms in total. The summed E-state index contributed by atoms with van der Waals surface area (Å²) in [7, 11) is 0. The maximum Gasteiger partial charge on any atom is 0.237 e. The Bertz CT molecular complexity index is 601. The van der Waals surface area contributed by atoms with Gasteiger partial charge < -0.3 is 4.90 Å². The van der Waals surface area contributed by atoms with Gasteiger partial charge in [-0.25, -0.2) is 0 Å². The van der Waals surface area contributed by atoms with E-state index >= 15 is 0 Å². The van der Waals surface area contributed by atoms with Crippen molar-refractivity contribution in [2.45, 2.75) is 35.5 Å². The Morgan fingerprint density at radius 3 is 2.41 bits per heavy atom. The molecule has 0 aliphatic carbocycles. The summed E-state index contributed by atoms with van der Waals surface area (Å²) in [5, 5.41) is 8.23. The van der Waals surface area contributed by atoms with Crippen molar-refractivity contribution < 1.29 is 4.79 Å². The fourth-order valence-corrected chi connectivity index (χ4v) is 4.73. The lowest BCUT2D eigenvalue weighted by molar-refractivity contribution is -0.116. The second kappa shape index (κ2) is 8.55. The maximum atomic E-state index is 12.5. The molecule has 0 unspecified atom stereocenters. The van der Waals surface area contributed by atoms with Gasteiger partial charge in [0.05, 0.1) is 5.75 Å². The first kappa shape index (κ1) is 17.3. The molecule has 2 aromatic rings. The Kier molecular flexibility index (Phi) is 6.72. The lowest BCUT2D eigenvalue weighted by Gasteiger charge is -2.26. The van der Waals surface area contributed by atoms with Crippen molar-refractivity contribution in [1.29, 1.82) is 0 Å². The number of benzene rings is 1. The highest BCUT2D eigenvalue weighted by atomic mass is 32.2. The average molecular weight is 354 g/mol. The van der Waals surface area contributed by atoms with Gasteiger partial charge in [0.2, 0.25) is 5.91 Å². The number of rotatable bonds is 7. The number of hydrogen-bond donors (Lipinski definition) is 0. The van der Waals surface area contributed by atoms with Gasteiger partial charge in [-0.2, -0.15) is 0 Å². The van der Waals surface area contributed by atoms with Crippen LogP contribution in [0.15, 0.2) is 39.0 Å². The number of thioether (sulfide) groups is 2. The average Bonchev–Trinajstić information content (AvgIpc) is 2.94. The Morgan fingerprint density at radius 1 is 1.18 bits per heavy atom. The molecule has 0 atom stereocenters. The quantitative estimate of drug-likeness (QED) is 0.699. The minimum atomic E-state index is 0.0890. The highest BCUT2D eigenvalue weighted by molar-refractivity contribution is 8.03. The summed E-state index contributed by atoms with van der Waals surface area (Å²) in [5.74, 6) is 1.44. The first-order chi connectivity index (χ1) is 10.6. The summed E-state index contributed by atoms with van der Waals surface area (Å²) in [6, 6.07) is 9.90. The van der Waals surface area contributed by atoms with Gasteiger partial charge in [-0.15, -0.1) is 10.2 Å². The van der Waals surface area contributed by atoms with Crippen LogP contribution in [0.3, 0.4) is 0 Å². The Balaban J connectivity index is 1.99. The van der Waals surface area contributed by atoms with Crippen LogP contribution in [-0.2, 0) is 4.79 Å². The van der Waals surface area contributed by atoms with Crippen LogP contribution in [0.1, 0.15) is 20.8 Å². The number of amides is 1. The monoisotopic (exact) mass is 353 g/mol. The molecular formula is C15H19N3OS3. The number of para-hydroxylation sites is 1. The van der Waals surface area contributed by atoms with Crippen LogP contribution >= 0.6 is 34.9 Å². The summed E-state index contributed by atoms with van der Waals surface area (Å²) < 4.78 is 1.81. The fraction of sp³-hybridized carbons (Fsp3) is 0.400. The van der Waals surface area contributed by atoms with Crippen molar-refractivity contribution >= 4 is 46.5 Å².